The number of aryl methyl sites for hydroxylation is 1. The highest BCUT2D eigenvalue weighted by Gasteiger charge is 2.38. The van der Waals surface area contributed by atoms with E-state index in [0.717, 1.165) is 22.9 Å². The summed E-state index contributed by atoms with van der Waals surface area (Å²) in [5.41, 5.74) is -1.28. The van der Waals surface area contributed by atoms with Gasteiger partial charge in [0, 0.05) is 31.3 Å². The van der Waals surface area contributed by atoms with Crippen LogP contribution in [0.2, 0.25) is 0 Å². The number of rotatable bonds is 3. The monoisotopic (exact) mass is 457 g/mol. The molecule has 12 heteroatoms. The van der Waals surface area contributed by atoms with Crippen LogP contribution in [0.1, 0.15) is 17.1 Å². The number of pyridine rings is 1. The number of nitrogens with one attached hydrogen (secondary N) is 1. The molecule has 0 aliphatic rings. The van der Waals surface area contributed by atoms with Crippen LogP contribution in [0, 0.1) is 11.6 Å². The zero-order valence-corrected chi connectivity index (χ0v) is 16.5. The molecule has 0 bridgehead atoms. The van der Waals surface area contributed by atoms with E-state index in [2.05, 4.69) is 20.1 Å². The van der Waals surface area contributed by atoms with Gasteiger partial charge in [0.05, 0.1) is 5.69 Å². The van der Waals surface area contributed by atoms with E-state index in [1.54, 1.807) is 6.07 Å². The average Bonchev–Trinajstić information content (AvgIpc) is 2.99. The fourth-order valence-corrected chi connectivity index (χ4v) is 3.08. The Morgan fingerprint density at radius 1 is 1.10 bits per heavy atom. The van der Waals surface area contributed by atoms with Crippen LogP contribution in [0.15, 0.2) is 41.3 Å². The van der Waals surface area contributed by atoms with Crippen LogP contribution < -0.4 is 5.56 Å². The summed E-state index contributed by atoms with van der Waals surface area (Å²) in [6.45, 7) is 0. The van der Waals surface area contributed by atoms with Gasteiger partial charge in [-0.3, -0.25) is 9.78 Å². The standard InChI is InChI=1S/C19H12F5N5O.ClH/c1-29-17-15(16(28-29)19(22,23)24)18(30)27-14(26-17)4-9-2-3-13(25-8-9)10-5-11(20)7-12(21)6-10;/h2-3,5-8H,4H2,1H3,(H,26,27,30);1H. The molecule has 0 aliphatic carbocycles. The van der Waals surface area contributed by atoms with Crippen LogP contribution in [0.3, 0.4) is 0 Å². The number of fused-ring (bicyclic) bond motifs is 1. The van der Waals surface area contributed by atoms with Gasteiger partial charge in [0.25, 0.3) is 5.56 Å². The lowest BCUT2D eigenvalue weighted by Gasteiger charge is -2.05. The van der Waals surface area contributed by atoms with E-state index in [1.807, 2.05) is 0 Å². The first-order valence-electron chi connectivity index (χ1n) is 8.56. The first-order valence-corrected chi connectivity index (χ1v) is 8.56. The number of aromatic nitrogens is 5. The Hall–Kier alpha value is -3.34. The number of nitrogens with zero attached hydrogens (tertiary/aromatic N) is 4. The molecule has 0 spiro atoms. The molecule has 162 valence electrons. The van der Waals surface area contributed by atoms with Crippen molar-refractivity contribution >= 4 is 23.4 Å². The Balaban J connectivity index is 0.00000272. The van der Waals surface area contributed by atoms with Gasteiger partial charge in [-0.2, -0.15) is 18.3 Å². The molecule has 4 aromatic rings. The second-order valence-corrected chi connectivity index (χ2v) is 6.57. The van der Waals surface area contributed by atoms with Gasteiger partial charge in [0.2, 0.25) is 0 Å². The molecule has 3 heterocycles. The maximum Gasteiger partial charge on any atom is 0.436 e. The third-order valence-corrected chi connectivity index (χ3v) is 4.37. The van der Waals surface area contributed by atoms with E-state index in [0.29, 0.717) is 11.3 Å². The van der Waals surface area contributed by atoms with Crippen molar-refractivity contribution in [1.29, 1.82) is 0 Å². The van der Waals surface area contributed by atoms with Crippen molar-refractivity contribution < 1.29 is 22.0 Å². The fraction of sp³-hybridized carbons (Fsp3) is 0.158. The highest BCUT2D eigenvalue weighted by atomic mass is 35.5. The molecule has 0 atom stereocenters. The number of halogens is 6. The topological polar surface area (TPSA) is 76.5 Å². The quantitative estimate of drug-likeness (QED) is 0.471. The van der Waals surface area contributed by atoms with Gasteiger partial charge in [-0.1, -0.05) is 6.07 Å². The predicted octanol–water partition coefficient (Wildman–Crippen LogP) is 4.03. The van der Waals surface area contributed by atoms with E-state index in [9.17, 15) is 26.7 Å². The van der Waals surface area contributed by atoms with Gasteiger partial charge in [-0.15, -0.1) is 12.4 Å². The minimum absolute atomic E-state index is 0. The van der Waals surface area contributed by atoms with Crippen molar-refractivity contribution in [1.82, 2.24) is 24.7 Å². The Morgan fingerprint density at radius 2 is 1.77 bits per heavy atom. The third kappa shape index (κ3) is 4.41. The molecule has 31 heavy (non-hydrogen) atoms. The van der Waals surface area contributed by atoms with Gasteiger partial charge >= 0.3 is 6.18 Å². The summed E-state index contributed by atoms with van der Waals surface area (Å²) in [5, 5.41) is 2.74. The van der Waals surface area contributed by atoms with Crippen LogP contribution in [-0.4, -0.2) is 24.7 Å². The van der Waals surface area contributed by atoms with Gasteiger partial charge < -0.3 is 4.98 Å². The van der Waals surface area contributed by atoms with Gasteiger partial charge in [0.1, 0.15) is 22.8 Å². The van der Waals surface area contributed by atoms with Crippen LogP contribution in [0.5, 0.6) is 0 Å². The SMILES string of the molecule is Cl.Cn1nc(C(F)(F)F)c2c(=O)[nH]c(Cc3ccc(-c4cc(F)cc(F)c4)nc3)nc21. The molecular weight excluding hydrogens is 445 g/mol. The second kappa shape index (κ2) is 8.06. The van der Waals surface area contributed by atoms with Crippen molar-refractivity contribution in [2.75, 3.05) is 0 Å². The number of hydrogen-bond acceptors (Lipinski definition) is 4. The normalized spacial score (nSPS) is 11.5. The average molecular weight is 458 g/mol. The predicted molar refractivity (Wildman–Crippen MR) is 104 cm³/mol. The van der Waals surface area contributed by atoms with Crippen molar-refractivity contribution in [3.05, 3.63) is 75.6 Å². The van der Waals surface area contributed by atoms with E-state index < -0.39 is 34.5 Å². The van der Waals surface area contributed by atoms with E-state index in [1.165, 1.54) is 19.3 Å². The van der Waals surface area contributed by atoms with Crippen LogP contribution >= 0.6 is 12.4 Å². The number of benzene rings is 1. The largest absolute Gasteiger partial charge is 0.436 e. The minimum Gasteiger partial charge on any atom is -0.310 e. The van der Waals surface area contributed by atoms with Crippen LogP contribution in [0.4, 0.5) is 22.0 Å². The first-order chi connectivity index (χ1) is 14.1. The zero-order valence-electron chi connectivity index (χ0n) is 15.7. The van der Waals surface area contributed by atoms with E-state index in [4.69, 9.17) is 0 Å². The second-order valence-electron chi connectivity index (χ2n) is 6.57. The molecule has 0 fully saturated rings. The molecular formula is C19H13ClF5N5O. The van der Waals surface area contributed by atoms with Crippen molar-refractivity contribution in [2.24, 2.45) is 7.05 Å². The van der Waals surface area contributed by atoms with E-state index >= 15 is 0 Å². The smallest absolute Gasteiger partial charge is 0.310 e. The molecule has 6 nitrogen and oxygen atoms in total. The fourth-order valence-electron chi connectivity index (χ4n) is 3.08. The van der Waals surface area contributed by atoms with Crippen molar-refractivity contribution in [3.8, 4) is 11.3 Å². The Kier molecular flexibility index (Phi) is 5.81. The highest BCUT2D eigenvalue weighted by molar-refractivity contribution is 5.85. The summed E-state index contributed by atoms with van der Waals surface area (Å²) in [7, 11) is 1.27. The Bertz CT molecular complexity index is 1290. The number of hydrogen-bond donors (Lipinski definition) is 1. The summed E-state index contributed by atoms with van der Waals surface area (Å²) < 4.78 is 66.9. The van der Waals surface area contributed by atoms with Gasteiger partial charge in [-0.25, -0.2) is 18.4 Å². The summed E-state index contributed by atoms with van der Waals surface area (Å²) in [5.74, 6) is -1.35. The van der Waals surface area contributed by atoms with Crippen molar-refractivity contribution in [2.45, 2.75) is 12.6 Å². The molecule has 1 N–H and O–H groups in total. The molecule has 0 amide bonds. The van der Waals surface area contributed by atoms with Crippen molar-refractivity contribution in [3.63, 3.8) is 0 Å². The van der Waals surface area contributed by atoms with E-state index in [-0.39, 0.29) is 35.9 Å². The zero-order chi connectivity index (χ0) is 21.6. The lowest BCUT2D eigenvalue weighted by molar-refractivity contribution is -0.140. The summed E-state index contributed by atoms with van der Waals surface area (Å²) in [6, 6.07) is 6.17. The summed E-state index contributed by atoms with van der Waals surface area (Å²) >= 11 is 0. The van der Waals surface area contributed by atoms with Gasteiger partial charge in [0.15, 0.2) is 11.3 Å². The molecule has 0 saturated heterocycles. The molecule has 4 rings (SSSR count). The first kappa shape index (κ1) is 22.3. The lowest BCUT2D eigenvalue weighted by Crippen LogP contribution is -2.16. The Morgan fingerprint density at radius 3 is 2.35 bits per heavy atom. The van der Waals surface area contributed by atoms with Gasteiger partial charge in [-0.05, 0) is 23.8 Å². The third-order valence-electron chi connectivity index (χ3n) is 4.37. The molecule has 0 radical (unpaired) electrons. The Labute approximate surface area is 177 Å². The minimum atomic E-state index is -4.79. The lowest BCUT2D eigenvalue weighted by atomic mass is 10.1. The molecule has 1 aromatic carbocycles. The number of alkyl halides is 3. The van der Waals surface area contributed by atoms with Crippen LogP contribution in [0.25, 0.3) is 22.3 Å². The summed E-state index contributed by atoms with van der Waals surface area (Å²) in [4.78, 5) is 22.8. The highest BCUT2D eigenvalue weighted by Crippen LogP contribution is 2.31. The number of H-pyrrole nitrogens is 1. The summed E-state index contributed by atoms with van der Waals surface area (Å²) in [6.07, 6.45) is -3.29. The molecule has 0 aliphatic heterocycles. The molecule has 3 aromatic heterocycles. The molecule has 0 unspecified atom stereocenters. The maximum absolute atomic E-state index is 13.4. The maximum atomic E-state index is 13.4. The molecule has 0 saturated carbocycles. The number of aromatic amines is 1. The van der Waals surface area contributed by atoms with Crippen LogP contribution in [-0.2, 0) is 19.6 Å².